The minimum absolute atomic E-state index is 0.0250. The number of likely N-dealkylation sites (tertiary alicyclic amines) is 1. The van der Waals surface area contributed by atoms with E-state index in [0.29, 0.717) is 41.8 Å². The van der Waals surface area contributed by atoms with E-state index in [-0.39, 0.29) is 72.8 Å². The van der Waals surface area contributed by atoms with Gasteiger partial charge in [0, 0.05) is 77.0 Å². The molecule has 3 aromatic carbocycles. The van der Waals surface area contributed by atoms with Crippen molar-refractivity contribution in [2.75, 3.05) is 56.5 Å². The molecule has 0 aliphatic carbocycles. The fourth-order valence-electron chi connectivity index (χ4n) is 13.0. The average molecular weight is 1420 g/mol. The maximum absolute atomic E-state index is 14.9. The number of hydrogen-bond acceptors (Lipinski definition) is 17. The highest BCUT2D eigenvalue weighted by Crippen LogP contribution is 2.36. The number of urea groups is 1. The van der Waals surface area contributed by atoms with E-state index in [1.54, 1.807) is 91.6 Å². The highest BCUT2D eigenvalue weighted by Gasteiger charge is 2.45. The SMILES string of the molecule is CC[C@H](C)[C@@H]([C@@H](CC(=O)N1CCC[C@H]1[C@H](OC)[C@@H](C)C(=O)N[C@H](C)[C@@H](O)c1ccccc1)OC)N(C)C(=O)[C@@H](NC(=O)[C@H](C(C)C)N(C)C(=O)OCc1ccc(NC(=O)[C@H](CCCNC(N)=O)NC(=O)[C@@H](NC(=O)c2ccc(N3C(=O)C=CC3=O)c(N3C(=O)C=CC3=O)c2)C(C)C)cc1)C(C)C. The molecule has 3 heterocycles. The van der Waals surface area contributed by atoms with Gasteiger partial charge in [-0.25, -0.2) is 19.4 Å². The van der Waals surface area contributed by atoms with E-state index in [4.69, 9.17) is 19.9 Å². The van der Waals surface area contributed by atoms with Crippen LogP contribution in [0.2, 0.25) is 0 Å². The third-order valence-corrected chi connectivity index (χ3v) is 18.8. The van der Waals surface area contributed by atoms with Crippen molar-refractivity contribution in [1.29, 1.82) is 0 Å². The second-order valence-corrected chi connectivity index (χ2v) is 27.1. The van der Waals surface area contributed by atoms with Crippen molar-refractivity contribution in [1.82, 2.24) is 41.3 Å². The molecule has 554 valence electrons. The highest BCUT2D eigenvalue weighted by atomic mass is 16.6. The Balaban J connectivity index is 1.07. The number of aliphatic hydroxyl groups excluding tert-OH is 1. The first-order valence-corrected chi connectivity index (χ1v) is 34.4. The normalized spacial score (nSPS) is 17.6. The molecule has 0 saturated carbocycles. The van der Waals surface area contributed by atoms with Gasteiger partial charge in [0.1, 0.15) is 30.8 Å². The first kappa shape index (κ1) is 81.1. The number of methoxy groups -OCH3 is 2. The molecule has 0 unspecified atom stereocenters. The molecule has 14 amide bonds. The summed E-state index contributed by atoms with van der Waals surface area (Å²) in [4.78, 5) is 182. The number of benzene rings is 3. The lowest BCUT2D eigenvalue weighted by Crippen LogP contribution is -2.60. The van der Waals surface area contributed by atoms with Crippen molar-refractivity contribution in [2.45, 2.75) is 175 Å². The molecule has 29 nitrogen and oxygen atoms in total. The van der Waals surface area contributed by atoms with E-state index in [9.17, 15) is 67.4 Å². The Hall–Kier alpha value is -9.87. The van der Waals surface area contributed by atoms with Crippen LogP contribution in [0.4, 0.5) is 26.7 Å². The van der Waals surface area contributed by atoms with Crippen LogP contribution in [0.15, 0.2) is 97.1 Å². The Morgan fingerprint density at radius 2 is 1.26 bits per heavy atom. The highest BCUT2D eigenvalue weighted by molar-refractivity contribution is 6.33. The predicted octanol–water partition coefficient (Wildman–Crippen LogP) is 4.76. The van der Waals surface area contributed by atoms with E-state index in [1.165, 1.54) is 50.4 Å². The Bertz CT molecular complexity index is 3570. The van der Waals surface area contributed by atoms with Crippen LogP contribution in [-0.2, 0) is 68.8 Å². The first-order valence-electron chi connectivity index (χ1n) is 34.4. The number of aliphatic hydroxyl groups is 1. The standard InChI is InChI=1S/C73H100N12O17/c1-15-43(8)63(54(100-13)38-59(90)83-36-20-24-52(83)65(101-14)44(9)66(92)76-45(10)64(91)47-21-17-16-18-22-47)81(11)71(97)61(41(4)5)80-70(96)62(42(6)7)82(12)73(99)102-39-46-25-28-49(29-26-46)77-68(94)50(23-19-35-75-72(74)98)78-69(95)60(40(2)3)79-67(93)48-27-30-51(84-55(86)31-32-56(84)87)53(37-48)85-57(88)33-34-58(85)89/h16-18,21-22,25-34,37,40-45,50,52,54,60-65,91H,15,19-20,23-24,35-36,38-39H2,1-14H3,(H,76,92)(H,77,94)(H,78,95)(H,79,93)(H,80,96)(H3,74,75,98)/t43-,44+,45+,50-,52-,54+,60-,61-,62-,63-,64+,65+/m0/s1. The van der Waals surface area contributed by atoms with E-state index in [0.717, 1.165) is 40.2 Å². The summed E-state index contributed by atoms with van der Waals surface area (Å²) in [5.41, 5.74) is 6.11. The maximum atomic E-state index is 14.9. The molecule has 0 spiro atoms. The smallest absolute Gasteiger partial charge is 0.410 e. The molecule has 3 aromatic rings. The lowest BCUT2D eigenvalue weighted by atomic mass is 9.89. The fraction of sp³-hybridized carbons (Fsp3) is 0.521. The molecule has 1 saturated heterocycles. The van der Waals surface area contributed by atoms with Gasteiger partial charge >= 0.3 is 12.1 Å². The van der Waals surface area contributed by atoms with E-state index < -0.39 is 150 Å². The summed E-state index contributed by atoms with van der Waals surface area (Å²) in [5, 5.41) is 27.4. The van der Waals surface area contributed by atoms with Gasteiger partial charge in [-0.15, -0.1) is 0 Å². The average Bonchev–Trinajstić information content (AvgIpc) is 1.54. The molecule has 102 heavy (non-hydrogen) atoms. The number of imide groups is 2. The Kier molecular flexibility index (Phi) is 29.6. The topological polar surface area (TPSA) is 384 Å². The van der Waals surface area contributed by atoms with Gasteiger partial charge in [0.15, 0.2) is 0 Å². The molecule has 3 aliphatic rings. The number of nitrogens with two attached hydrogens (primary N) is 1. The van der Waals surface area contributed by atoms with E-state index in [1.807, 2.05) is 32.0 Å². The number of primary amides is 1. The number of anilines is 3. The Morgan fingerprint density at radius 1 is 0.667 bits per heavy atom. The number of rotatable bonds is 35. The van der Waals surface area contributed by atoms with Crippen LogP contribution in [0.5, 0.6) is 0 Å². The summed E-state index contributed by atoms with van der Waals surface area (Å²) in [6, 6.07) is 11.5. The largest absolute Gasteiger partial charge is 0.445 e. The van der Waals surface area contributed by atoms with Crippen molar-refractivity contribution < 1.29 is 81.6 Å². The number of amides is 14. The molecular formula is C73H100N12O17. The molecule has 1 fully saturated rings. The van der Waals surface area contributed by atoms with Crippen molar-refractivity contribution in [2.24, 2.45) is 35.3 Å². The monoisotopic (exact) mass is 1420 g/mol. The van der Waals surface area contributed by atoms with Gasteiger partial charge in [-0.1, -0.05) is 111 Å². The van der Waals surface area contributed by atoms with Crippen LogP contribution in [0.1, 0.15) is 135 Å². The van der Waals surface area contributed by atoms with Crippen molar-refractivity contribution in [3.63, 3.8) is 0 Å². The minimum Gasteiger partial charge on any atom is -0.445 e. The summed E-state index contributed by atoms with van der Waals surface area (Å²) in [5.74, 6) is -9.48. The minimum atomic E-state index is -1.29. The first-order chi connectivity index (χ1) is 48.3. The summed E-state index contributed by atoms with van der Waals surface area (Å²) >= 11 is 0. The third-order valence-electron chi connectivity index (χ3n) is 18.8. The number of hydrogen-bond donors (Lipinski definition) is 8. The third kappa shape index (κ3) is 20.4. The summed E-state index contributed by atoms with van der Waals surface area (Å²) in [7, 11) is 6.02. The van der Waals surface area contributed by atoms with E-state index in [2.05, 4.69) is 31.9 Å². The van der Waals surface area contributed by atoms with Crippen molar-refractivity contribution in [3.05, 3.63) is 114 Å². The summed E-state index contributed by atoms with van der Waals surface area (Å²) in [6.07, 6.45) is 2.57. The molecule has 0 radical (unpaired) electrons. The predicted molar refractivity (Wildman–Crippen MR) is 378 cm³/mol. The van der Waals surface area contributed by atoms with Gasteiger partial charge in [0.25, 0.3) is 29.5 Å². The summed E-state index contributed by atoms with van der Waals surface area (Å²) < 4.78 is 17.8. The van der Waals surface area contributed by atoms with Gasteiger partial charge in [-0.3, -0.25) is 57.6 Å². The van der Waals surface area contributed by atoms with Crippen LogP contribution in [0, 0.1) is 29.6 Å². The molecule has 0 bridgehead atoms. The second kappa shape index (κ2) is 37.2. The number of ether oxygens (including phenoxy) is 3. The molecule has 9 N–H and O–H groups in total. The zero-order valence-electron chi connectivity index (χ0n) is 60.6. The second-order valence-electron chi connectivity index (χ2n) is 27.1. The number of nitrogens with zero attached hydrogens (tertiary/aromatic N) is 5. The van der Waals surface area contributed by atoms with Gasteiger partial charge in [-0.2, -0.15) is 0 Å². The number of nitrogens with one attached hydrogen (secondary N) is 6. The molecule has 6 rings (SSSR count). The molecule has 3 aliphatic heterocycles. The molecule has 29 heteroatoms. The number of carbonyl (C=O) groups is 13. The van der Waals surface area contributed by atoms with E-state index >= 15 is 0 Å². The van der Waals surface area contributed by atoms with Crippen LogP contribution in [-0.4, -0.2) is 193 Å². The van der Waals surface area contributed by atoms with Gasteiger partial charge in [-0.05, 0) is 97.7 Å². The Labute approximate surface area is 595 Å². The zero-order chi connectivity index (χ0) is 75.6. The van der Waals surface area contributed by atoms with Crippen molar-refractivity contribution >= 4 is 94.2 Å². The number of carbonyl (C=O) groups excluding carboxylic acids is 13. The van der Waals surface area contributed by atoms with Crippen LogP contribution in [0.25, 0.3) is 0 Å². The molecule has 12 atom stereocenters. The van der Waals surface area contributed by atoms with Gasteiger partial charge in [0.05, 0.1) is 60.2 Å². The van der Waals surface area contributed by atoms with Gasteiger partial charge in [0.2, 0.25) is 35.4 Å². The fourth-order valence-corrected chi connectivity index (χ4v) is 13.0. The van der Waals surface area contributed by atoms with Gasteiger partial charge < -0.3 is 66.8 Å². The van der Waals surface area contributed by atoms with Crippen LogP contribution in [0.3, 0.4) is 0 Å². The zero-order valence-corrected chi connectivity index (χ0v) is 60.6. The quantitative estimate of drug-likeness (QED) is 0.0290. The maximum Gasteiger partial charge on any atom is 0.410 e. The van der Waals surface area contributed by atoms with Crippen molar-refractivity contribution in [3.8, 4) is 0 Å². The lowest BCUT2D eigenvalue weighted by molar-refractivity contribution is -0.148. The number of likely N-dealkylation sites (N-methyl/N-ethyl adjacent to an activating group) is 2. The molecule has 0 aromatic heterocycles. The van der Waals surface area contributed by atoms with Crippen LogP contribution >= 0.6 is 0 Å². The lowest BCUT2D eigenvalue weighted by Gasteiger charge is -2.41. The summed E-state index contributed by atoms with van der Waals surface area (Å²) in [6.45, 7) is 17.9. The van der Waals surface area contributed by atoms with Crippen LogP contribution < -0.4 is 47.4 Å². The Morgan fingerprint density at radius 3 is 1.81 bits per heavy atom. The molecular weight excluding hydrogens is 1320 g/mol.